The van der Waals surface area contributed by atoms with Crippen LogP contribution in [0.4, 0.5) is 5.69 Å². The predicted octanol–water partition coefficient (Wildman–Crippen LogP) is 5.98. The van der Waals surface area contributed by atoms with Gasteiger partial charge in [-0.05, 0) is 53.6 Å². The fourth-order valence-corrected chi connectivity index (χ4v) is 4.21. The molecule has 188 valence electrons. The van der Waals surface area contributed by atoms with E-state index in [-0.39, 0.29) is 11.6 Å². The molecule has 1 amide bonds. The van der Waals surface area contributed by atoms with Crippen LogP contribution in [-0.2, 0) is 0 Å². The zero-order valence-electron chi connectivity index (χ0n) is 20.5. The van der Waals surface area contributed by atoms with E-state index in [1.807, 2.05) is 84.9 Å². The van der Waals surface area contributed by atoms with E-state index in [1.165, 1.54) is 16.8 Å². The van der Waals surface area contributed by atoms with Crippen LogP contribution >= 0.6 is 0 Å². The summed E-state index contributed by atoms with van der Waals surface area (Å²) < 4.78 is 6.76. The molecule has 1 aromatic heterocycles. The molecule has 0 atom stereocenters. The number of nitro benzene ring substituents is 1. The number of nitro groups is 1. The van der Waals surface area contributed by atoms with Gasteiger partial charge in [0.15, 0.2) is 0 Å². The first-order valence-corrected chi connectivity index (χ1v) is 11.9. The second-order valence-electron chi connectivity index (χ2n) is 8.56. The zero-order chi connectivity index (χ0) is 26.5. The molecule has 0 radical (unpaired) electrons. The molecule has 5 rings (SSSR count). The summed E-state index contributed by atoms with van der Waals surface area (Å²) in [5.74, 6) is 0.364. The Bertz CT molecular complexity index is 1510. The number of carbonyl (C=O) groups excluding carboxylic acids is 1. The Morgan fingerprint density at radius 1 is 0.868 bits per heavy atom. The van der Waals surface area contributed by atoms with Crippen LogP contribution in [0.5, 0.6) is 5.75 Å². The van der Waals surface area contributed by atoms with E-state index in [4.69, 9.17) is 9.84 Å². The molecule has 0 bridgehead atoms. The van der Waals surface area contributed by atoms with Gasteiger partial charge in [-0.1, -0.05) is 60.7 Å². The van der Waals surface area contributed by atoms with E-state index in [0.29, 0.717) is 22.8 Å². The van der Waals surface area contributed by atoms with Crippen LogP contribution in [0.3, 0.4) is 0 Å². The van der Waals surface area contributed by atoms with Crippen LogP contribution in [-0.4, -0.2) is 27.7 Å². The summed E-state index contributed by atoms with van der Waals surface area (Å²) in [6.07, 6.45) is 0. The maximum absolute atomic E-state index is 13.8. The molecule has 0 saturated carbocycles. The summed E-state index contributed by atoms with van der Waals surface area (Å²) >= 11 is 0. The molecular weight excluding hydrogens is 480 g/mol. The smallest absolute Gasteiger partial charge is 0.270 e. The number of hydrogen-bond acceptors (Lipinski definition) is 5. The lowest BCUT2D eigenvalue weighted by atomic mass is 9.98. The summed E-state index contributed by atoms with van der Waals surface area (Å²) in [6, 6.07) is 34.1. The molecule has 0 aliphatic rings. The molecule has 1 heterocycles. The number of hydrogen-bond donors (Lipinski definition) is 1. The quantitative estimate of drug-likeness (QED) is 0.207. The minimum Gasteiger partial charge on any atom is -0.497 e. The van der Waals surface area contributed by atoms with Gasteiger partial charge in [-0.2, -0.15) is 5.10 Å². The third-order valence-electron chi connectivity index (χ3n) is 6.17. The SMILES string of the molecule is COc1ccc(-c2cc(C(=O)NC(c3ccccc3)c3ccccc3)n(-c3ccc([N+](=O)[O-])cc3)n2)cc1. The van der Waals surface area contributed by atoms with Gasteiger partial charge in [-0.25, -0.2) is 4.68 Å². The van der Waals surface area contributed by atoms with Gasteiger partial charge in [0.2, 0.25) is 0 Å². The Kier molecular flexibility index (Phi) is 6.95. The number of carbonyl (C=O) groups is 1. The molecule has 5 aromatic rings. The van der Waals surface area contributed by atoms with Crippen LogP contribution in [0, 0.1) is 10.1 Å². The highest BCUT2D eigenvalue weighted by atomic mass is 16.6. The lowest BCUT2D eigenvalue weighted by Gasteiger charge is -2.20. The summed E-state index contributed by atoms with van der Waals surface area (Å²) in [5.41, 5.74) is 4.01. The van der Waals surface area contributed by atoms with Gasteiger partial charge in [0.1, 0.15) is 11.4 Å². The number of aromatic nitrogens is 2. The Labute approximate surface area is 219 Å². The summed E-state index contributed by atoms with van der Waals surface area (Å²) in [5, 5.41) is 19.0. The van der Waals surface area contributed by atoms with Crippen molar-refractivity contribution in [3.63, 3.8) is 0 Å². The van der Waals surface area contributed by atoms with Crippen molar-refractivity contribution in [2.24, 2.45) is 0 Å². The molecule has 0 saturated heterocycles. The number of nitrogens with one attached hydrogen (secondary N) is 1. The normalized spacial score (nSPS) is 10.8. The fraction of sp³-hybridized carbons (Fsp3) is 0.0667. The standard InChI is InChI=1S/C30H24N4O4/c1-38-26-18-12-21(13-19-26)27-20-28(33(32-27)24-14-16-25(17-15-24)34(36)37)30(35)31-29(22-8-4-2-5-9-22)23-10-6-3-7-11-23/h2-20,29H,1H3,(H,31,35). The van der Waals surface area contributed by atoms with Gasteiger partial charge >= 0.3 is 0 Å². The largest absolute Gasteiger partial charge is 0.497 e. The van der Waals surface area contributed by atoms with E-state index in [2.05, 4.69) is 5.32 Å². The van der Waals surface area contributed by atoms with Gasteiger partial charge in [0.25, 0.3) is 11.6 Å². The highest BCUT2D eigenvalue weighted by molar-refractivity contribution is 5.95. The minimum atomic E-state index is -0.465. The van der Waals surface area contributed by atoms with Gasteiger partial charge in [-0.3, -0.25) is 14.9 Å². The number of methoxy groups -OCH3 is 1. The number of nitrogens with zero attached hydrogens (tertiary/aromatic N) is 3. The van der Waals surface area contributed by atoms with E-state index >= 15 is 0 Å². The third-order valence-corrected chi connectivity index (χ3v) is 6.17. The molecule has 8 nitrogen and oxygen atoms in total. The fourth-order valence-electron chi connectivity index (χ4n) is 4.21. The second kappa shape index (κ2) is 10.8. The summed E-state index contributed by atoms with van der Waals surface area (Å²) in [6.45, 7) is 0. The van der Waals surface area contributed by atoms with Crippen LogP contribution < -0.4 is 10.1 Å². The van der Waals surface area contributed by atoms with Crippen molar-refractivity contribution in [2.75, 3.05) is 7.11 Å². The van der Waals surface area contributed by atoms with Crippen LogP contribution in [0.2, 0.25) is 0 Å². The van der Waals surface area contributed by atoms with Crippen LogP contribution in [0.1, 0.15) is 27.7 Å². The van der Waals surface area contributed by atoms with E-state index < -0.39 is 11.0 Å². The minimum absolute atomic E-state index is 0.0458. The number of amides is 1. The Hall–Kier alpha value is -5.24. The average molecular weight is 505 g/mol. The topological polar surface area (TPSA) is 99.3 Å². The Morgan fingerprint density at radius 2 is 1.45 bits per heavy atom. The molecular formula is C30H24N4O4. The summed E-state index contributed by atoms with van der Waals surface area (Å²) in [4.78, 5) is 24.5. The summed E-state index contributed by atoms with van der Waals surface area (Å²) in [7, 11) is 1.59. The molecule has 8 heteroatoms. The van der Waals surface area contributed by atoms with Crippen molar-refractivity contribution in [3.05, 3.63) is 142 Å². The molecule has 38 heavy (non-hydrogen) atoms. The highest BCUT2D eigenvalue weighted by Gasteiger charge is 2.23. The van der Waals surface area contributed by atoms with E-state index in [1.54, 1.807) is 25.3 Å². The maximum Gasteiger partial charge on any atom is 0.270 e. The van der Waals surface area contributed by atoms with Crippen molar-refractivity contribution in [1.82, 2.24) is 15.1 Å². The van der Waals surface area contributed by atoms with Crippen LogP contribution in [0.25, 0.3) is 16.9 Å². The first kappa shape index (κ1) is 24.5. The lowest BCUT2D eigenvalue weighted by Crippen LogP contribution is -2.31. The van der Waals surface area contributed by atoms with Crippen molar-refractivity contribution in [2.45, 2.75) is 6.04 Å². The van der Waals surface area contributed by atoms with Gasteiger partial charge in [-0.15, -0.1) is 0 Å². The Balaban J connectivity index is 1.56. The predicted molar refractivity (Wildman–Crippen MR) is 144 cm³/mol. The molecule has 0 unspecified atom stereocenters. The van der Waals surface area contributed by atoms with Crippen molar-refractivity contribution in [3.8, 4) is 22.7 Å². The first-order valence-electron chi connectivity index (χ1n) is 11.9. The maximum atomic E-state index is 13.8. The molecule has 0 aliphatic carbocycles. The molecule has 1 N–H and O–H groups in total. The first-order chi connectivity index (χ1) is 18.5. The van der Waals surface area contributed by atoms with Gasteiger partial charge in [0, 0.05) is 17.7 Å². The Morgan fingerprint density at radius 3 is 1.97 bits per heavy atom. The number of ether oxygens (including phenoxy) is 1. The number of benzene rings is 4. The number of non-ortho nitro benzene ring substituents is 1. The molecule has 4 aromatic carbocycles. The monoisotopic (exact) mass is 504 g/mol. The van der Waals surface area contributed by atoms with Gasteiger partial charge < -0.3 is 10.1 Å². The number of rotatable bonds is 8. The molecule has 0 aliphatic heterocycles. The average Bonchev–Trinajstić information content (AvgIpc) is 3.42. The lowest BCUT2D eigenvalue weighted by molar-refractivity contribution is -0.384. The highest BCUT2D eigenvalue weighted by Crippen LogP contribution is 2.27. The van der Waals surface area contributed by atoms with Crippen LogP contribution in [0.15, 0.2) is 115 Å². The van der Waals surface area contributed by atoms with Crippen molar-refractivity contribution < 1.29 is 14.5 Å². The molecule has 0 fully saturated rings. The third kappa shape index (κ3) is 5.15. The second-order valence-corrected chi connectivity index (χ2v) is 8.56. The molecule has 0 spiro atoms. The van der Waals surface area contributed by atoms with Gasteiger partial charge in [0.05, 0.1) is 29.5 Å². The van der Waals surface area contributed by atoms with E-state index in [9.17, 15) is 14.9 Å². The van der Waals surface area contributed by atoms with E-state index in [0.717, 1.165) is 16.7 Å². The van der Waals surface area contributed by atoms with Crippen molar-refractivity contribution >= 4 is 11.6 Å². The van der Waals surface area contributed by atoms with Crippen molar-refractivity contribution in [1.29, 1.82) is 0 Å². The zero-order valence-corrected chi connectivity index (χ0v) is 20.5.